The van der Waals surface area contributed by atoms with Gasteiger partial charge in [-0.05, 0) is 6.92 Å². The minimum atomic E-state index is -4.72. The quantitative estimate of drug-likeness (QED) is 0.288. The molecule has 0 aliphatic rings. The van der Waals surface area contributed by atoms with E-state index in [1.54, 1.807) is 0 Å². The van der Waals surface area contributed by atoms with Crippen molar-refractivity contribution in [2.24, 2.45) is 5.73 Å². The summed E-state index contributed by atoms with van der Waals surface area (Å²) in [5, 5.41) is 23.0. The molecule has 8 heteroatoms. The molecule has 1 atom stereocenters. The van der Waals surface area contributed by atoms with Crippen molar-refractivity contribution in [2.45, 2.75) is 17.8 Å². The maximum absolute atomic E-state index is 10.7. The van der Waals surface area contributed by atoms with Crippen LogP contribution in [0.15, 0.2) is 0 Å². The molecule has 0 aromatic rings. The molecule has 0 spiro atoms. The Morgan fingerprint density at radius 1 is 1.33 bits per heavy atom. The zero-order valence-electron chi connectivity index (χ0n) is 6.55. The Morgan fingerprint density at radius 2 is 1.67 bits per heavy atom. The van der Waals surface area contributed by atoms with Gasteiger partial charge in [-0.3, -0.25) is 9.92 Å². The molecule has 0 aromatic heterocycles. The fourth-order valence-electron chi connectivity index (χ4n) is 0.369. The van der Waals surface area contributed by atoms with Crippen LogP contribution in [0.4, 0.5) is 0 Å². The first-order valence-corrected chi connectivity index (χ1v) is 4.23. The Hall–Kier alpha value is -0.250. The Balaban J connectivity index is 5.14. The molecule has 0 saturated carbocycles. The van der Waals surface area contributed by atoms with Crippen LogP contribution in [0.5, 0.6) is 0 Å². The summed E-state index contributed by atoms with van der Waals surface area (Å²) in [5.41, 5.74) is 2.05. The van der Waals surface area contributed by atoms with Crippen molar-refractivity contribution in [2.75, 3.05) is 7.11 Å². The summed E-state index contributed by atoms with van der Waals surface area (Å²) < 4.78 is 25.2. The standard InChI is InChI=1S/C4H11NO6S/c1-3(5,6)4(7,8)12(9,10)11-2/h6-8H,5H2,1-2H3. The molecule has 0 heterocycles. The summed E-state index contributed by atoms with van der Waals surface area (Å²) in [6.45, 7) is 0.712. The van der Waals surface area contributed by atoms with Crippen LogP contribution in [0.1, 0.15) is 6.92 Å². The molecule has 12 heavy (non-hydrogen) atoms. The Labute approximate surface area is 69.5 Å². The smallest absolute Gasteiger partial charge is 0.338 e. The van der Waals surface area contributed by atoms with Crippen LogP contribution < -0.4 is 5.73 Å². The molecule has 0 aliphatic heterocycles. The predicted molar refractivity (Wildman–Crippen MR) is 37.9 cm³/mol. The van der Waals surface area contributed by atoms with Gasteiger partial charge in [0.25, 0.3) is 0 Å². The molecule has 0 amide bonds. The van der Waals surface area contributed by atoms with E-state index in [1.807, 2.05) is 0 Å². The maximum Gasteiger partial charge on any atom is 0.338 e. The van der Waals surface area contributed by atoms with Crippen LogP contribution in [0.25, 0.3) is 0 Å². The van der Waals surface area contributed by atoms with Crippen molar-refractivity contribution in [3.63, 3.8) is 0 Å². The lowest BCUT2D eigenvalue weighted by Crippen LogP contribution is -2.63. The monoisotopic (exact) mass is 201 g/mol. The SMILES string of the molecule is COS(=O)(=O)C(O)(O)C(C)(N)O. The summed E-state index contributed by atoms with van der Waals surface area (Å²) in [5.74, 6) is 0. The lowest BCUT2D eigenvalue weighted by molar-refractivity contribution is -0.211. The first-order valence-electron chi connectivity index (χ1n) is 2.82. The van der Waals surface area contributed by atoms with Crippen molar-refractivity contribution in [1.82, 2.24) is 0 Å². The van der Waals surface area contributed by atoms with Gasteiger partial charge in [0.05, 0.1) is 7.11 Å². The number of hydrogen-bond donors (Lipinski definition) is 4. The molecule has 0 rings (SSSR count). The fourth-order valence-corrected chi connectivity index (χ4v) is 1.11. The summed E-state index contributed by atoms with van der Waals surface area (Å²) in [4.78, 5) is 0. The highest BCUT2D eigenvalue weighted by atomic mass is 32.2. The second-order valence-corrected chi connectivity index (χ2v) is 4.19. The van der Waals surface area contributed by atoms with Gasteiger partial charge in [0, 0.05) is 0 Å². The highest BCUT2D eigenvalue weighted by molar-refractivity contribution is 7.87. The molecule has 0 aromatic carbocycles. The number of aliphatic hydroxyl groups is 3. The third-order valence-electron chi connectivity index (χ3n) is 1.23. The second kappa shape index (κ2) is 2.91. The number of rotatable bonds is 3. The summed E-state index contributed by atoms with van der Waals surface area (Å²) in [6.07, 6.45) is 0. The van der Waals surface area contributed by atoms with E-state index in [-0.39, 0.29) is 0 Å². The summed E-state index contributed by atoms with van der Waals surface area (Å²) in [6, 6.07) is 0. The average Bonchev–Trinajstić information content (AvgIpc) is 1.85. The molecule has 7 nitrogen and oxygen atoms in total. The molecule has 1 unspecified atom stereocenters. The first kappa shape index (κ1) is 11.8. The Morgan fingerprint density at radius 3 is 1.75 bits per heavy atom. The van der Waals surface area contributed by atoms with Gasteiger partial charge in [-0.15, -0.1) is 0 Å². The molecular formula is C4H11NO6S. The molecule has 0 saturated heterocycles. The van der Waals surface area contributed by atoms with E-state index < -0.39 is 21.0 Å². The largest absolute Gasteiger partial charge is 0.370 e. The first-order chi connectivity index (χ1) is 5.06. The van der Waals surface area contributed by atoms with E-state index in [9.17, 15) is 8.42 Å². The van der Waals surface area contributed by atoms with Gasteiger partial charge in [-0.2, -0.15) is 8.42 Å². The summed E-state index contributed by atoms with van der Waals surface area (Å²) in [7, 11) is -4.01. The Kier molecular flexibility index (Phi) is 2.85. The van der Waals surface area contributed by atoms with Gasteiger partial charge in [0.15, 0.2) is 5.72 Å². The van der Waals surface area contributed by atoms with Crippen LogP contribution in [-0.2, 0) is 14.3 Å². The maximum atomic E-state index is 10.7. The van der Waals surface area contributed by atoms with Crippen molar-refractivity contribution in [3.8, 4) is 0 Å². The summed E-state index contributed by atoms with van der Waals surface area (Å²) >= 11 is 0. The molecule has 0 bridgehead atoms. The predicted octanol–water partition coefficient (Wildman–Crippen LogP) is -2.73. The fraction of sp³-hybridized carbons (Fsp3) is 1.00. The normalized spacial score (nSPS) is 18.8. The number of hydrogen-bond acceptors (Lipinski definition) is 7. The zero-order valence-corrected chi connectivity index (χ0v) is 7.37. The van der Waals surface area contributed by atoms with Crippen molar-refractivity contribution >= 4 is 10.1 Å². The Bertz CT molecular complexity index is 249. The van der Waals surface area contributed by atoms with Crippen LogP contribution in [0.2, 0.25) is 0 Å². The minimum absolute atomic E-state index is 0.711. The van der Waals surface area contributed by atoms with Crippen molar-refractivity contribution < 1.29 is 27.9 Å². The minimum Gasteiger partial charge on any atom is -0.370 e. The van der Waals surface area contributed by atoms with E-state index in [0.29, 0.717) is 14.0 Å². The van der Waals surface area contributed by atoms with Crippen LogP contribution >= 0.6 is 0 Å². The molecule has 0 aliphatic carbocycles. The van der Waals surface area contributed by atoms with Gasteiger partial charge in [-0.25, -0.2) is 0 Å². The van der Waals surface area contributed by atoms with Gasteiger partial charge < -0.3 is 15.3 Å². The van der Waals surface area contributed by atoms with Crippen LogP contribution in [-0.4, -0.2) is 41.7 Å². The molecular weight excluding hydrogens is 190 g/mol. The number of nitrogens with two attached hydrogens (primary N) is 1. The zero-order chi connectivity index (χ0) is 10.2. The van der Waals surface area contributed by atoms with E-state index in [1.165, 1.54) is 0 Å². The topological polar surface area (TPSA) is 130 Å². The third kappa shape index (κ3) is 1.73. The van der Waals surface area contributed by atoms with Crippen molar-refractivity contribution in [3.05, 3.63) is 0 Å². The van der Waals surface area contributed by atoms with Gasteiger partial charge in [0.2, 0.25) is 0 Å². The van der Waals surface area contributed by atoms with E-state index in [0.717, 1.165) is 0 Å². The average molecular weight is 201 g/mol. The van der Waals surface area contributed by atoms with Crippen molar-refractivity contribution in [1.29, 1.82) is 0 Å². The molecule has 74 valence electrons. The van der Waals surface area contributed by atoms with Crippen LogP contribution in [0, 0.1) is 0 Å². The molecule has 0 radical (unpaired) electrons. The lowest BCUT2D eigenvalue weighted by Gasteiger charge is -2.30. The second-order valence-electron chi connectivity index (χ2n) is 2.38. The molecule has 0 fully saturated rings. The van der Waals surface area contributed by atoms with E-state index in [2.05, 4.69) is 4.18 Å². The lowest BCUT2D eigenvalue weighted by atomic mass is 10.3. The van der Waals surface area contributed by atoms with Crippen LogP contribution in [0.3, 0.4) is 0 Å². The van der Waals surface area contributed by atoms with Gasteiger partial charge in [0.1, 0.15) is 0 Å². The van der Waals surface area contributed by atoms with E-state index >= 15 is 0 Å². The van der Waals surface area contributed by atoms with Gasteiger partial charge in [-0.1, -0.05) is 0 Å². The highest BCUT2D eigenvalue weighted by Crippen LogP contribution is 2.21. The highest BCUT2D eigenvalue weighted by Gasteiger charge is 2.54. The molecule has 5 N–H and O–H groups in total. The third-order valence-corrected chi connectivity index (χ3v) is 2.78. The van der Waals surface area contributed by atoms with Gasteiger partial charge >= 0.3 is 15.2 Å². The van der Waals surface area contributed by atoms with E-state index in [4.69, 9.17) is 21.1 Å².